The standard InChI is InChI=1S/C19H22ClF3N4O3S/c1-11-14(5-4-6-15(11)31(20,29)30)25-17-24-9-13(19(21,22)23)16(26-17)27-8-7-12(10-27)18(2,3)28/h4-6,9,12,28H,7-8,10H2,1-3H3,(H,24,25,26)/t12-/m0/s1. The normalized spacial score (nSPS) is 17.8. The number of alkyl halides is 3. The third kappa shape index (κ3) is 5.21. The Morgan fingerprint density at radius 1 is 1.29 bits per heavy atom. The fraction of sp³-hybridized carbons (Fsp3) is 0.474. The van der Waals surface area contributed by atoms with E-state index in [-0.39, 0.29) is 34.7 Å². The van der Waals surface area contributed by atoms with Gasteiger partial charge >= 0.3 is 6.18 Å². The molecule has 0 bridgehead atoms. The highest BCUT2D eigenvalue weighted by atomic mass is 35.7. The van der Waals surface area contributed by atoms with Crippen LogP contribution >= 0.6 is 10.7 Å². The smallest absolute Gasteiger partial charge is 0.390 e. The molecule has 2 aromatic rings. The summed E-state index contributed by atoms with van der Waals surface area (Å²) in [6.07, 6.45) is -3.45. The van der Waals surface area contributed by atoms with Gasteiger partial charge in [-0.05, 0) is 44.9 Å². The maximum absolute atomic E-state index is 13.6. The van der Waals surface area contributed by atoms with Crippen molar-refractivity contribution in [3.63, 3.8) is 0 Å². The van der Waals surface area contributed by atoms with Gasteiger partial charge in [-0.3, -0.25) is 0 Å². The minimum Gasteiger partial charge on any atom is -0.390 e. The predicted octanol–water partition coefficient (Wildman–Crippen LogP) is 4.07. The van der Waals surface area contributed by atoms with Crippen molar-refractivity contribution >= 4 is 37.2 Å². The van der Waals surface area contributed by atoms with E-state index >= 15 is 0 Å². The van der Waals surface area contributed by atoms with Crippen molar-refractivity contribution in [1.82, 2.24) is 9.97 Å². The molecule has 1 aromatic heterocycles. The van der Waals surface area contributed by atoms with E-state index in [0.717, 1.165) is 0 Å². The largest absolute Gasteiger partial charge is 0.421 e. The van der Waals surface area contributed by atoms with Crippen molar-refractivity contribution in [2.75, 3.05) is 23.3 Å². The van der Waals surface area contributed by atoms with Gasteiger partial charge in [0.2, 0.25) is 5.95 Å². The Kier molecular flexibility index (Phi) is 6.16. The van der Waals surface area contributed by atoms with Crippen molar-refractivity contribution in [2.24, 2.45) is 5.92 Å². The van der Waals surface area contributed by atoms with Crippen molar-refractivity contribution in [3.05, 3.63) is 35.5 Å². The quantitative estimate of drug-likeness (QED) is 0.625. The first-order chi connectivity index (χ1) is 14.2. The lowest BCUT2D eigenvalue weighted by Crippen LogP contribution is -2.34. The second kappa shape index (κ2) is 8.10. The molecule has 1 atom stereocenters. The molecule has 0 amide bonds. The summed E-state index contributed by atoms with van der Waals surface area (Å²) in [6, 6.07) is 4.31. The number of nitrogens with zero attached hydrogens (tertiary/aromatic N) is 3. The first-order valence-corrected chi connectivity index (χ1v) is 11.7. The Bertz CT molecular complexity index is 1090. The highest BCUT2D eigenvalue weighted by molar-refractivity contribution is 8.13. The summed E-state index contributed by atoms with van der Waals surface area (Å²) in [6.45, 7) is 5.27. The molecule has 3 rings (SSSR count). The summed E-state index contributed by atoms with van der Waals surface area (Å²) in [5.74, 6) is -0.634. The molecular weight excluding hydrogens is 457 g/mol. The number of rotatable bonds is 5. The van der Waals surface area contributed by atoms with Gasteiger partial charge in [-0.15, -0.1) is 0 Å². The molecular formula is C19H22ClF3N4O3S. The number of halogens is 4. The zero-order chi connectivity index (χ0) is 23.2. The lowest BCUT2D eigenvalue weighted by molar-refractivity contribution is -0.137. The van der Waals surface area contributed by atoms with E-state index in [1.54, 1.807) is 19.9 Å². The van der Waals surface area contributed by atoms with Gasteiger partial charge in [0.05, 0.1) is 10.5 Å². The Morgan fingerprint density at radius 3 is 2.52 bits per heavy atom. The van der Waals surface area contributed by atoms with Crippen molar-refractivity contribution < 1.29 is 26.7 Å². The molecule has 12 heteroatoms. The lowest BCUT2D eigenvalue weighted by Gasteiger charge is -2.27. The molecule has 1 aromatic carbocycles. The summed E-state index contributed by atoms with van der Waals surface area (Å²) in [4.78, 5) is 9.21. The fourth-order valence-corrected chi connectivity index (χ4v) is 4.76. The average molecular weight is 479 g/mol. The molecule has 2 heterocycles. The van der Waals surface area contributed by atoms with Crippen molar-refractivity contribution in [3.8, 4) is 0 Å². The number of aromatic nitrogens is 2. The highest BCUT2D eigenvalue weighted by Crippen LogP contribution is 2.39. The third-order valence-corrected chi connectivity index (χ3v) is 6.82. The van der Waals surface area contributed by atoms with Gasteiger partial charge in [0.15, 0.2) is 0 Å². The lowest BCUT2D eigenvalue weighted by atomic mass is 9.90. The second-order valence-electron chi connectivity index (χ2n) is 8.01. The van der Waals surface area contributed by atoms with Crippen molar-refractivity contribution in [1.29, 1.82) is 0 Å². The molecule has 0 radical (unpaired) electrons. The van der Waals surface area contributed by atoms with Gasteiger partial charge < -0.3 is 15.3 Å². The van der Waals surface area contributed by atoms with Crippen LogP contribution in [0.5, 0.6) is 0 Å². The van der Waals surface area contributed by atoms with Gasteiger partial charge in [0.25, 0.3) is 9.05 Å². The van der Waals surface area contributed by atoms with Gasteiger partial charge in [-0.2, -0.15) is 18.2 Å². The van der Waals surface area contributed by atoms with Crippen LogP contribution in [-0.4, -0.2) is 42.2 Å². The topological polar surface area (TPSA) is 95.4 Å². The van der Waals surface area contributed by atoms with Crippen LogP contribution in [0.4, 0.5) is 30.6 Å². The number of aliphatic hydroxyl groups is 1. The third-order valence-electron chi connectivity index (χ3n) is 5.35. The SMILES string of the molecule is Cc1c(Nc2ncc(C(F)(F)F)c(N3CC[C@H](C(C)(C)O)C3)n2)cccc1S(=O)(=O)Cl. The molecule has 7 nitrogen and oxygen atoms in total. The first-order valence-electron chi connectivity index (χ1n) is 9.41. The Hall–Kier alpha value is -2.11. The van der Waals surface area contributed by atoms with Crippen LogP contribution in [0.2, 0.25) is 0 Å². The van der Waals surface area contributed by atoms with E-state index in [1.807, 2.05) is 0 Å². The number of hydrogen-bond acceptors (Lipinski definition) is 7. The van der Waals surface area contributed by atoms with Crippen molar-refractivity contribution in [2.45, 2.75) is 43.9 Å². The Morgan fingerprint density at radius 2 is 1.97 bits per heavy atom. The van der Waals surface area contributed by atoms with Crippen LogP contribution in [0.3, 0.4) is 0 Å². The van der Waals surface area contributed by atoms with E-state index in [9.17, 15) is 26.7 Å². The highest BCUT2D eigenvalue weighted by Gasteiger charge is 2.40. The molecule has 1 fully saturated rings. The van der Waals surface area contributed by atoms with Gasteiger partial charge in [0, 0.05) is 41.6 Å². The second-order valence-corrected chi connectivity index (χ2v) is 10.5. The molecule has 31 heavy (non-hydrogen) atoms. The molecule has 1 aliphatic rings. The first kappa shape index (κ1) is 23.6. The fourth-order valence-electron chi connectivity index (χ4n) is 3.54. The van der Waals surface area contributed by atoms with E-state index in [1.165, 1.54) is 24.0 Å². The Balaban J connectivity index is 1.99. The summed E-state index contributed by atoms with van der Waals surface area (Å²) in [7, 11) is 1.43. The van der Waals surface area contributed by atoms with E-state index < -0.39 is 26.4 Å². The maximum atomic E-state index is 13.6. The molecule has 0 spiro atoms. The van der Waals surface area contributed by atoms with Crippen LogP contribution in [-0.2, 0) is 15.2 Å². The summed E-state index contributed by atoms with van der Waals surface area (Å²) < 4.78 is 64.2. The monoisotopic (exact) mass is 478 g/mol. The summed E-state index contributed by atoms with van der Waals surface area (Å²) >= 11 is 0. The molecule has 0 aliphatic carbocycles. The van der Waals surface area contributed by atoms with Crippen LogP contribution in [0.25, 0.3) is 0 Å². The van der Waals surface area contributed by atoms with Gasteiger partial charge in [-0.1, -0.05) is 6.07 Å². The predicted molar refractivity (Wildman–Crippen MR) is 111 cm³/mol. The van der Waals surface area contributed by atoms with Gasteiger partial charge in [0.1, 0.15) is 11.4 Å². The molecule has 0 saturated carbocycles. The number of benzene rings is 1. The summed E-state index contributed by atoms with van der Waals surface area (Å²) in [5, 5.41) is 13.0. The van der Waals surface area contributed by atoms with Gasteiger partial charge in [-0.25, -0.2) is 13.4 Å². The average Bonchev–Trinajstić information content (AvgIpc) is 3.12. The van der Waals surface area contributed by atoms with Crippen LogP contribution < -0.4 is 10.2 Å². The maximum Gasteiger partial charge on any atom is 0.421 e. The zero-order valence-electron chi connectivity index (χ0n) is 17.0. The number of nitrogens with one attached hydrogen (secondary N) is 1. The number of hydrogen-bond donors (Lipinski definition) is 2. The van der Waals surface area contributed by atoms with Crippen LogP contribution in [0, 0.1) is 12.8 Å². The Labute approximate surface area is 182 Å². The summed E-state index contributed by atoms with van der Waals surface area (Å²) in [5.41, 5.74) is -1.44. The minimum absolute atomic E-state index is 0.123. The molecule has 2 N–H and O–H groups in total. The molecule has 1 aliphatic heterocycles. The number of anilines is 3. The van der Waals surface area contributed by atoms with E-state index in [0.29, 0.717) is 24.8 Å². The molecule has 1 saturated heterocycles. The van der Waals surface area contributed by atoms with E-state index in [2.05, 4.69) is 15.3 Å². The minimum atomic E-state index is -4.66. The molecule has 0 unspecified atom stereocenters. The van der Waals surface area contributed by atoms with Crippen LogP contribution in [0.15, 0.2) is 29.3 Å². The van der Waals surface area contributed by atoms with E-state index in [4.69, 9.17) is 10.7 Å². The van der Waals surface area contributed by atoms with Crippen LogP contribution in [0.1, 0.15) is 31.4 Å². The zero-order valence-corrected chi connectivity index (χ0v) is 18.6. The molecule has 170 valence electrons.